The standard InChI is InChI=1S/C18H22N2O3/c1-18(2,14-6-5-9-19-12-14)20-17(21)11-13-7-8-15(22-3)16(10-13)23-4/h5-10,12H,11H2,1-4H3,(H,20,21). The third kappa shape index (κ3) is 4.22. The third-order valence-corrected chi connectivity index (χ3v) is 3.65. The number of nitrogens with one attached hydrogen (secondary N) is 1. The molecule has 0 aliphatic carbocycles. The van der Waals surface area contributed by atoms with Crippen molar-refractivity contribution in [1.29, 1.82) is 0 Å². The normalized spacial score (nSPS) is 11.0. The fraction of sp³-hybridized carbons (Fsp3) is 0.333. The minimum atomic E-state index is -0.484. The summed E-state index contributed by atoms with van der Waals surface area (Å²) < 4.78 is 10.5. The van der Waals surface area contributed by atoms with E-state index in [1.165, 1.54) is 0 Å². The molecule has 0 bridgehead atoms. The maximum Gasteiger partial charge on any atom is 0.225 e. The number of nitrogens with zero attached hydrogens (tertiary/aromatic N) is 1. The van der Waals surface area contributed by atoms with Gasteiger partial charge in [-0.05, 0) is 43.2 Å². The summed E-state index contributed by atoms with van der Waals surface area (Å²) in [7, 11) is 3.16. The van der Waals surface area contributed by atoms with Crippen molar-refractivity contribution in [3.63, 3.8) is 0 Å². The highest BCUT2D eigenvalue weighted by Gasteiger charge is 2.23. The van der Waals surface area contributed by atoms with Crippen LogP contribution >= 0.6 is 0 Å². The van der Waals surface area contributed by atoms with Crippen molar-refractivity contribution in [3.05, 3.63) is 53.9 Å². The van der Waals surface area contributed by atoms with Crippen LogP contribution in [0.2, 0.25) is 0 Å². The van der Waals surface area contributed by atoms with Crippen LogP contribution in [0.1, 0.15) is 25.0 Å². The number of rotatable bonds is 6. The summed E-state index contributed by atoms with van der Waals surface area (Å²) in [5.41, 5.74) is 1.34. The van der Waals surface area contributed by atoms with E-state index in [-0.39, 0.29) is 12.3 Å². The first-order chi connectivity index (χ1) is 11.0. The summed E-state index contributed by atoms with van der Waals surface area (Å²) in [5, 5.41) is 3.04. The number of ether oxygens (including phenoxy) is 2. The Morgan fingerprint density at radius 2 is 1.91 bits per heavy atom. The van der Waals surface area contributed by atoms with E-state index >= 15 is 0 Å². The largest absolute Gasteiger partial charge is 0.493 e. The van der Waals surface area contributed by atoms with Gasteiger partial charge in [-0.2, -0.15) is 0 Å². The molecule has 0 saturated carbocycles. The van der Waals surface area contributed by atoms with E-state index in [4.69, 9.17) is 9.47 Å². The number of pyridine rings is 1. The van der Waals surface area contributed by atoms with E-state index in [1.54, 1.807) is 32.7 Å². The van der Waals surface area contributed by atoms with Crippen LogP contribution in [0.4, 0.5) is 0 Å². The highest BCUT2D eigenvalue weighted by molar-refractivity contribution is 5.79. The Kier molecular flexibility index (Phi) is 5.21. The molecule has 0 spiro atoms. The monoisotopic (exact) mass is 314 g/mol. The lowest BCUT2D eigenvalue weighted by atomic mass is 9.95. The molecule has 0 atom stereocenters. The fourth-order valence-electron chi connectivity index (χ4n) is 2.37. The van der Waals surface area contributed by atoms with Crippen molar-refractivity contribution in [2.75, 3.05) is 14.2 Å². The third-order valence-electron chi connectivity index (χ3n) is 3.65. The van der Waals surface area contributed by atoms with Gasteiger partial charge in [0.15, 0.2) is 11.5 Å². The van der Waals surface area contributed by atoms with Crippen molar-refractivity contribution >= 4 is 5.91 Å². The second-order valence-corrected chi connectivity index (χ2v) is 5.78. The van der Waals surface area contributed by atoms with E-state index in [0.29, 0.717) is 11.5 Å². The molecular weight excluding hydrogens is 292 g/mol. The van der Waals surface area contributed by atoms with E-state index in [1.807, 2.05) is 38.1 Å². The quantitative estimate of drug-likeness (QED) is 0.890. The number of carbonyl (C=O) groups is 1. The van der Waals surface area contributed by atoms with E-state index < -0.39 is 5.54 Å². The molecule has 1 aromatic carbocycles. The van der Waals surface area contributed by atoms with Gasteiger partial charge in [0, 0.05) is 12.4 Å². The Morgan fingerprint density at radius 3 is 2.52 bits per heavy atom. The number of amides is 1. The summed E-state index contributed by atoms with van der Waals surface area (Å²) in [6, 6.07) is 9.28. The molecule has 1 amide bonds. The highest BCUT2D eigenvalue weighted by Crippen LogP contribution is 2.28. The SMILES string of the molecule is COc1ccc(CC(=O)NC(C)(C)c2cccnc2)cc1OC. The topological polar surface area (TPSA) is 60.5 Å². The molecule has 5 heteroatoms. The van der Waals surface area contributed by atoms with Crippen LogP contribution in [-0.2, 0) is 16.8 Å². The number of methoxy groups -OCH3 is 2. The Labute approximate surface area is 136 Å². The van der Waals surface area contributed by atoms with Gasteiger partial charge in [-0.25, -0.2) is 0 Å². The first kappa shape index (κ1) is 16.8. The zero-order chi connectivity index (χ0) is 16.9. The Balaban J connectivity index is 2.08. The van der Waals surface area contributed by atoms with Crippen molar-refractivity contribution < 1.29 is 14.3 Å². The van der Waals surface area contributed by atoms with Crippen molar-refractivity contribution in [3.8, 4) is 11.5 Å². The molecule has 122 valence electrons. The lowest BCUT2D eigenvalue weighted by Crippen LogP contribution is -2.41. The molecule has 0 fully saturated rings. The molecule has 0 aliphatic heterocycles. The van der Waals surface area contributed by atoms with Gasteiger partial charge >= 0.3 is 0 Å². The summed E-state index contributed by atoms with van der Waals surface area (Å²) in [4.78, 5) is 16.5. The summed E-state index contributed by atoms with van der Waals surface area (Å²) >= 11 is 0. The molecule has 2 aromatic rings. The van der Waals surface area contributed by atoms with Crippen LogP contribution in [0.25, 0.3) is 0 Å². The molecule has 0 radical (unpaired) electrons. The van der Waals surface area contributed by atoms with Gasteiger partial charge in [0.05, 0.1) is 26.2 Å². The summed E-state index contributed by atoms with van der Waals surface area (Å²) in [5.74, 6) is 1.20. The molecule has 1 aromatic heterocycles. The molecule has 0 aliphatic rings. The predicted octanol–water partition coefficient (Wildman–Crippen LogP) is 2.69. The van der Waals surface area contributed by atoms with Crippen LogP contribution in [0.3, 0.4) is 0 Å². The zero-order valence-electron chi connectivity index (χ0n) is 13.9. The fourth-order valence-corrected chi connectivity index (χ4v) is 2.37. The summed E-state index contributed by atoms with van der Waals surface area (Å²) in [6.45, 7) is 3.91. The van der Waals surface area contributed by atoms with Crippen LogP contribution in [-0.4, -0.2) is 25.1 Å². The van der Waals surface area contributed by atoms with Crippen molar-refractivity contribution in [2.45, 2.75) is 25.8 Å². The summed E-state index contributed by atoms with van der Waals surface area (Å²) in [6.07, 6.45) is 3.74. The Bertz CT molecular complexity index is 669. The molecule has 0 unspecified atom stereocenters. The van der Waals surface area contributed by atoms with Crippen LogP contribution in [0.15, 0.2) is 42.7 Å². The van der Waals surface area contributed by atoms with Gasteiger partial charge in [-0.1, -0.05) is 12.1 Å². The minimum Gasteiger partial charge on any atom is -0.493 e. The number of benzene rings is 1. The van der Waals surface area contributed by atoms with Crippen LogP contribution in [0, 0.1) is 0 Å². The minimum absolute atomic E-state index is 0.0638. The first-order valence-electron chi connectivity index (χ1n) is 7.38. The lowest BCUT2D eigenvalue weighted by Gasteiger charge is -2.26. The van der Waals surface area contributed by atoms with Crippen LogP contribution < -0.4 is 14.8 Å². The maximum atomic E-state index is 12.4. The van der Waals surface area contributed by atoms with Gasteiger partial charge < -0.3 is 14.8 Å². The molecule has 1 heterocycles. The van der Waals surface area contributed by atoms with Gasteiger partial charge in [-0.15, -0.1) is 0 Å². The average Bonchev–Trinajstić information content (AvgIpc) is 2.55. The Morgan fingerprint density at radius 1 is 1.17 bits per heavy atom. The van der Waals surface area contributed by atoms with Gasteiger partial charge in [0.2, 0.25) is 5.91 Å². The number of hydrogen-bond donors (Lipinski definition) is 1. The van der Waals surface area contributed by atoms with Crippen LogP contribution in [0.5, 0.6) is 11.5 Å². The van der Waals surface area contributed by atoms with Gasteiger partial charge in [-0.3, -0.25) is 9.78 Å². The Hall–Kier alpha value is -2.56. The van der Waals surface area contributed by atoms with Crippen molar-refractivity contribution in [1.82, 2.24) is 10.3 Å². The lowest BCUT2D eigenvalue weighted by molar-refractivity contribution is -0.122. The van der Waals surface area contributed by atoms with E-state index in [2.05, 4.69) is 10.3 Å². The number of carbonyl (C=O) groups excluding carboxylic acids is 1. The highest BCUT2D eigenvalue weighted by atomic mass is 16.5. The number of hydrogen-bond acceptors (Lipinski definition) is 4. The average molecular weight is 314 g/mol. The number of aromatic nitrogens is 1. The van der Waals surface area contributed by atoms with Gasteiger partial charge in [0.1, 0.15) is 0 Å². The van der Waals surface area contributed by atoms with E-state index in [9.17, 15) is 4.79 Å². The van der Waals surface area contributed by atoms with E-state index in [0.717, 1.165) is 11.1 Å². The molecule has 2 rings (SSSR count). The molecular formula is C18H22N2O3. The first-order valence-corrected chi connectivity index (χ1v) is 7.38. The molecule has 0 saturated heterocycles. The maximum absolute atomic E-state index is 12.4. The second-order valence-electron chi connectivity index (χ2n) is 5.78. The molecule has 1 N–H and O–H groups in total. The molecule has 23 heavy (non-hydrogen) atoms. The van der Waals surface area contributed by atoms with Crippen molar-refractivity contribution in [2.24, 2.45) is 0 Å². The zero-order valence-corrected chi connectivity index (χ0v) is 13.9. The molecule has 5 nitrogen and oxygen atoms in total. The van der Waals surface area contributed by atoms with Gasteiger partial charge in [0.25, 0.3) is 0 Å². The predicted molar refractivity (Wildman–Crippen MR) is 88.7 cm³/mol. The smallest absolute Gasteiger partial charge is 0.225 e. The second kappa shape index (κ2) is 7.13.